The molecule has 0 aliphatic carbocycles. The van der Waals surface area contributed by atoms with Gasteiger partial charge in [-0.15, -0.1) is 0 Å². The average Bonchev–Trinajstić information content (AvgIpc) is 2.17. The van der Waals surface area contributed by atoms with Crippen molar-refractivity contribution in [3.05, 3.63) is 33.9 Å². The molecule has 0 atom stereocenters. The van der Waals surface area contributed by atoms with E-state index >= 15 is 0 Å². The van der Waals surface area contributed by atoms with Crippen molar-refractivity contribution in [3.63, 3.8) is 0 Å². The maximum Gasteiger partial charge on any atom is 0.292 e. The Bertz CT molecular complexity index is 457. The van der Waals surface area contributed by atoms with Gasteiger partial charge in [-0.25, -0.2) is 0 Å². The van der Waals surface area contributed by atoms with E-state index in [0.717, 1.165) is 0 Å². The monoisotopic (exact) mass is 204 g/mol. The summed E-state index contributed by atoms with van der Waals surface area (Å²) in [4.78, 5) is 19.9. The van der Waals surface area contributed by atoms with Crippen LogP contribution >= 0.6 is 0 Å². The summed E-state index contributed by atoms with van der Waals surface area (Å²) in [7, 11) is 0. The highest BCUT2D eigenvalue weighted by atomic mass is 16.6. The largest absolute Gasteiger partial charge is 0.393 e. The first-order valence-electron chi connectivity index (χ1n) is 4.11. The van der Waals surface area contributed by atoms with Crippen LogP contribution in [-0.4, -0.2) is 11.2 Å². The first kappa shape index (κ1) is 10.7. The Morgan fingerprint density at radius 2 is 2.27 bits per heavy atom. The van der Waals surface area contributed by atoms with Crippen LogP contribution in [0.25, 0.3) is 0 Å². The standard InChI is InChI=1S/C10H8N2O3/c11-9-7-8(3-1-2-6-13)4-5-10(9)12(14)15/h4-7H,2,11H2. The molecule has 15 heavy (non-hydrogen) atoms. The third-order valence-electron chi connectivity index (χ3n) is 1.64. The van der Waals surface area contributed by atoms with Crippen LogP contribution in [0.15, 0.2) is 18.2 Å². The van der Waals surface area contributed by atoms with Crippen molar-refractivity contribution in [2.75, 3.05) is 5.73 Å². The molecule has 76 valence electrons. The lowest BCUT2D eigenvalue weighted by Gasteiger charge is -1.96. The second kappa shape index (κ2) is 4.77. The van der Waals surface area contributed by atoms with Gasteiger partial charge in [0.05, 0.1) is 11.3 Å². The summed E-state index contributed by atoms with van der Waals surface area (Å²) in [5.74, 6) is 5.25. The van der Waals surface area contributed by atoms with E-state index in [1.165, 1.54) is 18.2 Å². The minimum atomic E-state index is -0.558. The second-order valence-corrected chi connectivity index (χ2v) is 2.70. The maximum atomic E-state index is 10.4. The van der Waals surface area contributed by atoms with Gasteiger partial charge in [0, 0.05) is 11.6 Å². The fourth-order valence-electron chi connectivity index (χ4n) is 0.993. The van der Waals surface area contributed by atoms with Crippen LogP contribution in [0.3, 0.4) is 0 Å². The molecule has 1 aromatic carbocycles. The van der Waals surface area contributed by atoms with Crippen molar-refractivity contribution < 1.29 is 9.72 Å². The first-order chi connectivity index (χ1) is 7.15. The molecule has 0 spiro atoms. The topological polar surface area (TPSA) is 86.2 Å². The SMILES string of the molecule is Nc1cc(C#CCC=O)ccc1[N+](=O)[O-]. The Morgan fingerprint density at radius 1 is 1.53 bits per heavy atom. The minimum absolute atomic E-state index is 0.0675. The number of hydrogen-bond acceptors (Lipinski definition) is 4. The van der Waals surface area contributed by atoms with Crippen LogP contribution in [0.2, 0.25) is 0 Å². The van der Waals surface area contributed by atoms with Gasteiger partial charge in [-0.2, -0.15) is 0 Å². The van der Waals surface area contributed by atoms with Crippen molar-refractivity contribution in [2.24, 2.45) is 0 Å². The molecule has 0 amide bonds. The number of rotatable bonds is 2. The van der Waals surface area contributed by atoms with E-state index in [-0.39, 0.29) is 17.8 Å². The summed E-state index contributed by atoms with van der Waals surface area (Å²) in [6.07, 6.45) is 0.818. The number of aldehydes is 1. The van der Waals surface area contributed by atoms with Gasteiger partial charge >= 0.3 is 0 Å². The van der Waals surface area contributed by atoms with Crippen LogP contribution in [0.4, 0.5) is 11.4 Å². The molecule has 0 unspecified atom stereocenters. The molecule has 0 radical (unpaired) electrons. The van der Waals surface area contributed by atoms with Crippen LogP contribution in [0.5, 0.6) is 0 Å². The highest BCUT2D eigenvalue weighted by Gasteiger charge is 2.09. The van der Waals surface area contributed by atoms with Gasteiger partial charge in [0.15, 0.2) is 0 Å². The van der Waals surface area contributed by atoms with Gasteiger partial charge in [0.25, 0.3) is 5.69 Å². The summed E-state index contributed by atoms with van der Waals surface area (Å²) in [5, 5.41) is 10.4. The predicted molar refractivity (Wildman–Crippen MR) is 55.1 cm³/mol. The number of hydrogen-bond donors (Lipinski definition) is 1. The molecule has 0 fully saturated rings. The number of nitro benzene ring substituents is 1. The molecule has 0 saturated carbocycles. The van der Waals surface area contributed by atoms with Crippen molar-refractivity contribution in [3.8, 4) is 11.8 Å². The van der Waals surface area contributed by atoms with Crippen molar-refractivity contribution in [1.82, 2.24) is 0 Å². The summed E-state index contributed by atoms with van der Waals surface area (Å²) < 4.78 is 0. The van der Waals surface area contributed by atoms with Gasteiger partial charge in [0.2, 0.25) is 0 Å². The Balaban J connectivity index is 2.98. The van der Waals surface area contributed by atoms with Crippen molar-refractivity contribution in [2.45, 2.75) is 6.42 Å². The highest BCUT2D eigenvalue weighted by molar-refractivity contribution is 5.62. The van der Waals surface area contributed by atoms with Gasteiger partial charge in [-0.3, -0.25) is 10.1 Å². The van der Waals surface area contributed by atoms with E-state index < -0.39 is 4.92 Å². The quantitative estimate of drug-likeness (QED) is 0.257. The zero-order chi connectivity index (χ0) is 11.3. The molecule has 0 bridgehead atoms. The van der Waals surface area contributed by atoms with Crippen LogP contribution < -0.4 is 5.73 Å². The molecule has 0 aliphatic rings. The first-order valence-corrected chi connectivity index (χ1v) is 4.11. The lowest BCUT2D eigenvalue weighted by Crippen LogP contribution is -1.95. The Kier molecular flexibility index (Phi) is 3.41. The molecule has 0 saturated heterocycles. The lowest BCUT2D eigenvalue weighted by atomic mass is 10.2. The van der Waals surface area contributed by atoms with Gasteiger partial charge in [-0.1, -0.05) is 11.8 Å². The zero-order valence-corrected chi connectivity index (χ0v) is 7.77. The molecule has 5 nitrogen and oxygen atoms in total. The number of anilines is 1. The molecular formula is C10H8N2O3. The van der Waals surface area contributed by atoms with Crippen molar-refractivity contribution >= 4 is 17.7 Å². The van der Waals surface area contributed by atoms with E-state index in [4.69, 9.17) is 5.73 Å². The fraction of sp³-hybridized carbons (Fsp3) is 0.100. The van der Waals surface area contributed by atoms with Crippen LogP contribution in [0, 0.1) is 22.0 Å². The van der Waals surface area contributed by atoms with Crippen LogP contribution in [-0.2, 0) is 4.79 Å². The minimum Gasteiger partial charge on any atom is -0.393 e. The number of nitro groups is 1. The summed E-state index contributed by atoms with van der Waals surface area (Å²) in [6.45, 7) is 0. The molecule has 1 rings (SSSR count). The maximum absolute atomic E-state index is 10.4. The Labute approximate surface area is 86.0 Å². The summed E-state index contributed by atoms with van der Waals surface area (Å²) in [6, 6.07) is 4.20. The number of carbonyl (C=O) groups excluding carboxylic acids is 1. The van der Waals surface area contributed by atoms with E-state index in [0.29, 0.717) is 11.8 Å². The number of carbonyl (C=O) groups is 1. The molecule has 0 aromatic heterocycles. The Morgan fingerprint density at radius 3 is 2.80 bits per heavy atom. The van der Waals surface area contributed by atoms with Crippen LogP contribution in [0.1, 0.15) is 12.0 Å². The molecule has 1 aromatic rings. The van der Waals surface area contributed by atoms with Gasteiger partial charge < -0.3 is 10.5 Å². The van der Waals surface area contributed by atoms with Crippen molar-refractivity contribution in [1.29, 1.82) is 0 Å². The fourth-order valence-corrected chi connectivity index (χ4v) is 0.993. The Hall–Kier alpha value is -2.35. The smallest absolute Gasteiger partial charge is 0.292 e. The highest BCUT2D eigenvalue weighted by Crippen LogP contribution is 2.21. The third-order valence-corrected chi connectivity index (χ3v) is 1.64. The lowest BCUT2D eigenvalue weighted by molar-refractivity contribution is -0.383. The van der Waals surface area contributed by atoms with E-state index in [2.05, 4.69) is 11.8 Å². The summed E-state index contributed by atoms with van der Waals surface area (Å²) >= 11 is 0. The van der Waals surface area contributed by atoms with E-state index in [9.17, 15) is 14.9 Å². The van der Waals surface area contributed by atoms with Gasteiger partial charge in [-0.05, 0) is 12.1 Å². The summed E-state index contributed by atoms with van der Waals surface area (Å²) in [5.41, 5.74) is 5.93. The average molecular weight is 204 g/mol. The predicted octanol–water partition coefficient (Wildman–Crippen LogP) is 1.12. The molecule has 0 heterocycles. The molecule has 0 aliphatic heterocycles. The zero-order valence-electron chi connectivity index (χ0n) is 7.77. The third kappa shape index (κ3) is 2.81. The number of benzene rings is 1. The van der Waals surface area contributed by atoms with Gasteiger partial charge in [0.1, 0.15) is 12.0 Å². The molecular weight excluding hydrogens is 196 g/mol. The molecule has 5 heteroatoms. The number of nitrogen functional groups attached to an aromatic ring is 1. The van der Waals surface area contributed by atoms with E-state index in [1.807, 2.05) is 0 Å². The molecule has 2 N–H and O–H groups in total. The normalized spacial score (nSPS) is 8.80. The number of nitrogens with two attached hydrogens (primary N) is 1. The number of nitrogens with zero attached hydrogens (tertiary/aromatic N) is 1. The van der Waals surface area contributed by atoms with E-state index in [1.54, 1.807) is 0 Å². The second-order valence-electron chi connectivity index (χ2n) is 2.70.